The van der Waals surface area contributed by atoms with Crippen molar-refractivity contribution in [2.75, 3.05) is 19.4 Å². The van der Waals surface area contributed by atoms with E-state index in [9.17, 15) is 14.9 Å². The van der Waals surface area contributed by atoms with E-state index in [4.69, 9.17) is 0 Å². The van der Waals surface area contributed by atoms with Crippen LogP contribution in [0.5, 0.6) is 0 Å². The lowest BCUT2D eigenvalue weighted by atomic mass is 10.1. The Labute approximate surface area is 111 Å². The van der Waals surface area contributed by atoms with E-state index in [2.05, 4.69) is 5.32 Å². The molecule has 1 amide bonds. The Balaban J connectivity index is 2.35. The zero-order chi connectivity index (χ0) is 14.2. The minimum Gasteiger partial charge on any atom is -0.374 e. The number of anilines is 1. The van der Waals surface area contributed by atoms with Crippen LogP contribution in [0, 0.1) is 10.1 Å². The van der Waals surface area contributed by atoms with Gasteiger partial charge in [0.15, 0.2) is 0 Å². The Bertz CT molecular complexity index is 536. The van der Waals surface area contributed by atoms with Gasteiger partial charge in [0.05, 0.1) is 4.92 Å². The van der Waals surface area contributed by atoms with Crippen LogP contribution >= 0.6 is 0 Å². The van der Waals surface area contributed by atoms with Crippen molar-refractivity contribution in [2.45, 2.75) is 25.3 Å². The number of nitro groups is 1. The summed E-state index contributed by atoms with van der Waals surface area (Å²) in [5.74, 6) is -0.243. The highest BCUT2D eigenvalue weighted by Crippen LogP contribution is 2.40. The lowest BCUT2D eigenvalue weighted by molar-refractivity contribution is -0.384. The first kappa shape index (κ1) is 13.3. The molecule has 0 unspecified atom stereocenters. The molecule has 0 spiro atoms. The normalized spacial score (nSPS) is 15.7. The number of benzene rings is 1. The highest BCUT2D eigenvalue weighted by atomic mass is 16.6. The molecule has 0 saturated heterocycles. The first-order valence-corrected chi connectivity index (χ1v) is 6.11. The van der Waals surface area contributed by atoms with Crippen molar-refractivity contribution in [1.29, 1.82) is 0 Å². The highest BCUT2D eigenvalue weighted by Gasteiger charge is 2.38. The van der Waals surface area contributed by atoms with Gasteiger partial charge in [-0.25, -0.2) is 0 Å². The second-order valence-corrected chi connectivity index (χ2v) is 5.37. The number of amides is 1. The first-order valence-electron chi connectivity index (χ1n) is 6.11. The molecule has 102 valence electrons. The van der Waals surface area contributed by atoms with Crippen molar-refractivity contribution in [2.24, 2.45) is 0 Å². The van der Waals surface area contributed by atoms with Crippen LogP contribution in [0.3, 0.4) is 0 Å². The van der Waals surface area contributed by atoms with E-state index in [1.807, 2.05) is 6.92 Å². The molecule has 2 rings (SSSR count). The SMILES string of the molecule is CN(C)C(=O)c1ccc(NC2(C)CC2)c([N+](=O)[O-])c1. The van der Waals surface area contributed by atoms with Crippen LogP contribution in [0.1, 0.15) is 30.1 Å². The molecule has 6 nitrogen and oxygen atoms in total. The fourth-order valence-corrected chi connectivity index (χ4v) is 1.82. The third-order valence-electron chi connectivity index (χ3n) is 3.28. The Kier molecular flexibility index (Phi) is 3.18. The second-order valence-electron chi connectivity index (χ2n) is 5.37. The van der Waals surface area contributed by atoms with Gasteiger partial charge in [0, 0.05) is 31.3 Å². The number of nitrogens with zero attached hydrogens (tertiary/aromatic N) is 2. The largest absolute Gasteiger partial charge is 0.374 e. The molecule has 0 aliphatic heterocycles. The van der Waals surface area contributed by atoms with E-state index in [-0.39, 0.29) is 17.1 Å². The summed E-state index contributed by atoms with van der Waals surface area (Å²) in [5, 5.41) is 14.3. The second kappa shape index (κ2) is 4.53. The molecule has 1 aliphatic rings. The molecular weight excluding hydrogens is 246 g/mol. The van der Waals surface area contributed by atoms with Crippen LogP contribution < -0.4 is 5.32 Å². The van der Waals surface area contributed by atoms with E-state index in [0.29, 0.717) is 11.3 Å². The third-order valence-corrected chi connectivity index (χ3v) is 3.28. The van der Waals surface area contributed by atoms with Crippen LogP contribution in [0.15, 0.2) is 18.2 Å². The number of nitrogens with one attached hydrogen (secondary N) is 1. The average molecular weight is 263 g/mol. The molecule has 0 aromatic heterocycles. The van der Waals surface area contributed by atoms with Crippen molar-refractivity contribution in [3.05, 3.63) is 33.9 Å². The van der Waals surface area contributed by atoms with Gasteiger partial charge in [-0.1, -0.05) is 0 Å². The van der Waals surface area contributed by atoms with Gasteiger partial charge in [0.25, 0.3) is 11.6 Å². The number of carbonyl (C=O) groups is 1. The maximum absolute atomic E-state index is 11.8. The van der Waals surface area contributed by atoms with Crippen molar-refractivity contribution in [3.63, 3.8) is 0 Å². The topological polar surface area (TPSA) is 75.5 Å². The van der Waals surface area contributed by atoms with E-state index < -0.39 is 4.92 Å². The van der Waals surface area contributed by atoms with Crippen LogP contribution in [0.2, 0.25) is 0 Å². The van der Waals surface area contributed by atoms with Gasteiger partial charge < -0.3 is 10.2 Å². The minimum atomic E-state index is -0.458. The third kappa shape index (κ3) is 2.83. The zero-order valence-electron chi connectivity index (χ0n) is 11.3. The van der Waals surface area contributed by atoms with E-state index in [0.717, 1.165) is 12.8 Å². The summed E-state index contributed by atoms with van der Waals surface area (Å²) in [6.45, 7) is 2.02. The quantitative estimate of drug-likeness (QED) is 0.667. The fraction of sp³-hybridized carbons (Fsp3) is 0.462. The van der Waals surface area contributed by atoms with E-state index in [1.165, 1.54) is 11.0 Å². The number of hydrogen-bond donors (Lipinski definition) is 1. The predicted octanol–water partition coefficient (Wildman–Crippen LogP) is 2.26. The van der Waals surface area contributed by atoms with Crippen LogP contribution in [-0.2, 0) is 0 Å². The van der Waals surface area contributed by atoms with Crippen molar-refractivity contribution in [3.8, 4) is 0 Å². The summed E-state index contributed by atoms with van der Waals surface area (Å²) in [6.07, 6.45) is 2.01. The first-order chi connectivity index (χ1) is 8.82. The van der Waals surface area contributed by atoms with Crippen molar-refractivity contribution in [1.82, 2.24) is 4.90 Å². The molecule has 19 heavy (non-hydrogen) atoms. The van der Waals surface area contributed by atoms with Crippen LogP contribution in [0.4, 0.5) is 11.4 Å². The number of carbonyl (C=O) groups excluding carboxylic acids is 1. The van der Waals surface area contributed by atoms with Gasteiger partial charge in [0.1, 0.15) is 5.69 Å². The standard InChI is InChI=1S/C13H17N3O3/c1-13(6-7-13)14-10-5-4-9(12(17)15(2)3)8-11(10)16(18)19/h4-5,8,14H,6-7H2,1-3H3. The van der Waals surface area contributed by atoms with Crippen LogP contribution in [0.25, 0.3) is 0 Å². The van der Waals surface area contributed by atoms with Gasteiger partial charge in [-0.2, -0.15) is 0 Å². The van der Waals surface area contributed by atoms with Crippen molar-refractivity contribution < 1.29 is 9.72 Å². The Hall–Kier alpha value is -2.11. The summed E-state index contributed by atoms with van der Waals surface area (Å²) in [6, 6.07) is 4.55. The molecule has 1 fully saturated rings. The van der Waals surface area contributed by atoms with Gasteiger partial charge >= 0.3 is 0 Å². The maximum Gasteiger partial charge on any atom is 0.293 e. The van der Waals surface area contributed by atoms with E-state index >= 15 is 0 Å². The van der Waals surface area contributed by atoms with Crippen molar-refractivity contribution >= 4 is 17.3 Å². The van der Waals surface area contributed by atoms with Gasteiger partial charge in [-0.15, -0.1) is 0 Å². The molecule has 0 bridgehead atoms. The molecular formula is C13H17N3O3. The highest BCUT2D eigenvalue weighted by molar-refractivity contribution is 5.95. The monoisotopic (exact) mass is 263 g/mol. The minimum absolute atomic E-state index is 0.0438. The Morgan fingerprint density at radius 1 is 1.42 bits per heavy atom. The molecule has 1 saturated carbocycles. The Morgan fingerprint density at radius 3 is 2.53 bits per heavy atom. The molecule has 0 atom stereocenters. The van der Waals surface area contributed by atoms with Gasteiger partial charge in [0.2, 0.25) is 0 Å². The molecule has 1 aromatic carbocycles. The molecule has 6 heteroatoms. The molecule has 1 aromatic rings. The van der Waals surface area contributed by atoms with Gasteiger partial charge in [-0.3, -0.25) is 14.9 Å². The lowest BCUT2D eigenvalue weighted by Gasteiger charge is -2.15. The molecule has 0 radical (unpaired) electrons. The molecule has 1 N–H and O–H groups in total. The molecule has 1 aliphatic carbocycles. The van der Waals surface area contributed by atoms with Gasteiger partial charge in [-0.05, 0) is 31.9 Å². The fourth-order valence-electron chi connectivity index (χ4n) is 1.82. The predicted molar refractivity (Wildman–Crippen MR) is 72.4 cm³/mol. The van der Waals surface area contributed by atoms with Crippen LogP contribution in [-0.4, -0.2) is 35.4 Å². The summed E-state index contributed by atoms with van der Waals surface area (Å²) < 4.78 is 0. The number of hydrogen-bond acceptors (Lipinski definition) is 4. The summed E-state index contributed by atoms with van der Waals surface area (Å²) >= 11 is 0. The summed E-state index contributed by atoms with van der Waals surface area (Å²) in [4.78, 5) is 23.9. The smallest absolute Gasteiger partial charge is 0.293 e. The molecule has 0 heterocycles. The maximum atomic E-state index is 11.8. The number of rotatable bonds is 4. The summed E-state index contributed by atoms with van der Waals surface area (Å²) in [7, 11) is 3.23. The lowest BCUT2D eigenvalue weighted by Crippen LogP contribution is -2.22. The Morgan fingerprint density at radius 2 is 2.05 bits per heavy atom. The zero-order valence-corrected chi connectivity index (χ0v) is 11.3. The van der Waals surface area contributed by atoms with E-state index in [1.54, 1.807) is 26.2 Å². The average Bonchev–Trinajstić information content (AvgIpc) is 3.06. The number of nitro benzene ring substituents is 1. The summed E-state index contributed by atoms with van der Waals surface area (Å²) in [5.41, 5.74) is 0.696.